The van der Waals surface area contributed by atoms with E-state index in [-0.39, 0.29) is 18.0 Å². The van der Waals surface area contributed by atoms with Crippen LogP contribution >= 0.6 is 0 Å². The van der Waals surface area contributed by atoms with Crippen LogP contribution in [-0.4, -0.2) is 29.4 Å². The summed E-state index contributed by atoms with van der Waals surface area (Å²) in [6, 6.07) is 3.24. The van der Waals surface area contributed by atoms with E-state index in [0.29, 0.717) is 17.7 Å². The summed E-state index contributed by atoms with van der Waals surface area (Å²) in [5.41, 5.74) is 0.688. The van der Waals surface area contributed by atoms with Crippen molar-refractivity contribution in [1.82, 2.24) is 5.32 Å². The van der Waals surface area contributed by atoms with E-state index in [1.54, 1.807) is 13.8 Å². The first-order chi connectivity index (χ1) is 8.45. The molecule has 1 aromatic rings. The Labute approximate surface area is 105 Å². The summed E-state index contributed by atoms with van der Waals surface area (Å²) in [6.45, 7) is 3.84. The molecule has 1 unspecified atom stereocenters. The Balaban J connectivity index is 2.93. The average molecular weight is 253 g/mol. The van der Waals surface area contributed by atoms with Crippen molar-refractivity contribution in [3.05, 3.63) is 35.1 Å². The highest BCUT2D eigenvalue weighted by molar-refractivity contribution is 6.01. The first-order valence-electron chi connectivity index (χ1n) is 5.71. The monoisotopic (exact) mass is 253 g/mol. The number of carbonyl (C=O) groups excluding carboxylic acids is 1. The lowest BCUT2D eigenvalue weighted by molar-refractivity contribution is -0.137. The van der Waals surface area contributed by atoms with E-state index in [1.165, 1.54) is 18.2 Å². The fourth-order valence-corrected chi connectivity index (χ4v) is 1.68. The molecule has 1 aromatic carbocycles. The summed E-state index contributed by atoms with van der Waals surface area (Å²) in [4.78, 5) is 22.8. The Kier molecular flexibility index (Phi) is 4.97. The summed E-state index contributed by atoms with van der Waals surface area (Å²) in [6.07, 6.45) is -0.289. The van der Waals surface area contributed by atoms with Gasteiger partial charge in [-0.1, -0.05) is 6.92 Å². The molecule has 0 amide bonds. The number of aliphatic carboxylic acids is 1. The van der Waals surface area contributed by atoms with E-state index in [2.05, 4.69) is 5.32 Å². The number of aryl methyl sites for hydroxylation is 1. The van der Waals surface area contributed by atoms with E-state index in [9.17, 15) is 14.0 Å². The van der Waals surface area contributed by atoms with Crippen LogP contribution in [-0.2, 0) is 4.79 Å². The molecule has 0 heterocycles. The molecule has 0 aliphatic rings. The minimum absolute atomic E-state index is 0.289. The number of rotatable bonds is 6. The molecular weight excluding hydrogens is 237 g/mol. The molecule has 0 aromatic heterocycles. The van der Waals surface area contributed by atoms with Crippen molar-refractivity contribution in [2.45, 2.75) is 26.3 Å². The first-order valence-corrected chi connectivity index (χ1v) is 5.71. The van der Waals surface area contributed by atoms with Gasteiger partial charge in [0.1, 0.15) is 5.82 Å². The standard InChI is InChI=1S/C13H16FNO3/c1-3-15-11(7-12(16)17)13(18)9-4-5-10(14)8(2)6-9/h4-6,11,15H,3,7H2,1-2H3,(H,16,17). The SMILES string of the molecule is CCNC(CC(=O)O)C(=O)c1ccc(F)c(C)c1. The van der Waals surface area contributed by atoms with Crippen molar-refractivity contribution in [1.29, 1.82) is 0 Å². The molecule has 18 heavy (non-hydrogen) atoms. The third-order valence-corrected chi connectivity index (χ3v) is 2.59. The zero-order valence-corrected chi connectivity index (χ0v) is 10.4. The summed E-state index contributed by atoms with van der Waals surface area (Å²) in [5, 5.41) is 11.6. The molecule has 5 heteroatoms. The van der Waals surface area contributed by atoms with Gasteiger partial charge in [0.25, 0.3) is 0 Å². The molecule has 0 saturated carbocycles. The maximum atomic E-state index is 13.1. The fraction of sp³-hybridized carbons (Fsp3) is 0.385. The van der Waals surface area contributed by atoms with Gasteiger partial charge < -0.3 is 10.4 Å². The maximum Gasteiger partial charge on any atom is 0.305 e. The van der Waals surface area contributed by atoms with Gasteiger partial charge in [-0.25, -0.2) is 4.39 Å². The van der Waals surface area contributed by atoms with Gasteiger partial charge in [0.05, 0.1) is 12.5 Å². The predicted molar refractivity (Wildman–Crippen MR) is 65.2 cm³/mol. The van der Waals surface area contributed by atoms with Crippen molar-refractivity contribution in [2.75, 3.05) is 6.54 Å². The normalized spacial score (nSPS) is 12.2. The number of carboxylic acids is 1. The Morgan fingerprint density at radius 2 is 2.11 bits per heavy atom. The molecule has 0 saturated heterocycles. The number of Topliss-reactive ketones (excluding diaryl/α,β-unsaturated/α-hetero) is 1. The van der Waals surface area contributed by atoms with Gasteiger partial charge >= 0.3 is 5.97 Å². The molecule has 4 nitrogen and oxygen atoms in total. The molecule has 0 aliphatic carbocycles. The summed E-state index contributed by atoms with van der Waals surface area (Å²) in [5.74, 6) is -1.76. The van der Waals surface area contributed by atoms with E-state index in [0.717, 1.165) is 0 Å². The zero-order chi connectivity index (χ0) is 13.7. The van der Waals surface area contributed by atoms with E-state index >= 15 is 0 Å². The van der Waals surface area contributed by atoms with Crippen molar-refractivity contribution in [3.63, 3.8) is 0 Å². The van der Waals surface area contributed by atoms with Crippen LogP contribution in [0.25, 0.3) is 0 Å². The number of halogens is 1. The lowest BCUT2D eigenvalue weighted by Crippen LogP contribution is -2.38. The number of carbonyl (C=O) groups is 2. The molecule has 1 rings (SSSR count). The number of carboxylic acid groups (broad SMARTS) is 1. The molecule has 2 N–H and O–H groups in total. The Bertz CT molecular complexity index is 460. The maximum absolute atomic E-state index is 13.1. The second-order valence-electron chi connectivity index (χ2n) is 4.04. The lowest BCUT2D eigenvalue weighted by Gasteiger charge is -2.14. The van der Waals surface area contributed by atoms with Crippen molar-refractivity contribution in [2.24, 2.45) is 0 Å². The minimum Gasteiger partial charge on any atom is -0.481 e. The third kappa shape index (κ3) is 3.63. The van der Waals surface area contributed by atoms with E-state index in [4.69, 9.17) is 5.11 Å². The highest BCUT2D eigenvalue weighted by atomic mass is 19.1. The molecule has 1 atom stereocenters. The molecule has 0 spiro atoms. The number of benzene rings is 1. The molecule has 98 valence electrons. The number of nitrogens with one attached hydrogen (secondary N) is 1. The molecule has 0 fully saturated rings. The Hall–Kier alpha value is -1.75. The second kappa shape index (κ2) is 6.26. The van der Waals surface area contributed by atoms with Crippen molar-refractivity contribution >= 4 is 11.8 Å². The van der Waals surface area contributed by atoms with E-state index in [1.807, 2.05) is 0 Å². The quantitative estimate of drug-likeness (QED) is 0.758. The highest BCUT2D eigenvalue weighted by Crippen LogP contribution is 2.12. The van der Waals surface area contributed by atoms with Gasteiger partial charge in [-0.15, -0.1) is 0 Å². The number of hydrogen-bond donors (Lipinski definition) is 2. The largest absolute Gasteiger partial charge is 0.481 e. The Morgan fingerprint density at radius 1 is 1.44 bits per heavy atom. The van der Waals surface area contributed by atoms with Crippen LogP contribution in [0, 0.1) is 12.7 Å². The van der Waals surface area contributed by atoms with Crippen LogP contribution in [0.1, 0.15) is 29.3 Å². The first kappa shape index (κ1) is 14.3. The van der Waals surface area contributed by atoms with Gasteiger partial charge in [-0.05, 0) is 37.2 Å². The summed E-state index contributed by atoms with van der Waals surface area (Å²) in [7, 11) is 0. The molecular formula is C13H16FNO3. The predicted octanol–water partition coefficient (Wildman–Crippen LogP) is 1.77. The number of ketones is 1. The topological polar surface area (TPSA) is 66.4 Å². The van der Waals surface area contributed by atoms with Gasteiger partial charge in [-0.2, -0.15) is 0 Å². The smallest absolute Gasteiger partial charge is 0.305 e. The van der Waals surface area contributed by atoms with Gasteiger partial charge in [0.15, 0.2) is 5.78 Å². The lowest BCUT2D eigenvalue weighted by atomic mass is 10.00. The number of likely N-dealkylation sites (N-methyl/N-ethyl adjacent to an activating group) is 1. The van der Waals surface area contributed by atoms with Crippen molar-refractivity contribution in [3.8, 4) is 0 Å². The Morgan fingerprint density at radius 3 is 2.61 bits per heavy atom. The van der Waals surface area contributed by atoms with E-state index < -0.39 is 12.0 Å². The van der Waals surface area contributed by atoms with Crippen molar-refractivity contribution < 1.29 is 19.1 Å². The van der Waals surface area contributed by atoms with Crippen LogP contribution < -0.4 is 5.32 Å². The second-order valence-corrected chi connectivity index (χ2v) is 4.04. The number of hydrogen-bond acceptors (Lipinski definition) is 3. The fourth-order valence-electron chi connectivity index (χ4n) is 1.68. The average Bonchev–Trinajstić information content (AvgIpc) is 2.31. The molecule has 0 radical (unpaired) electrons. The highest BCUT2D eigenvalue weighted by Gasteiger charge is 2.22. The van der Waals surface area contributed by atoms with Crippen LogP contribution in [0.5, 0.6) is 0 Å². The van der Waals surface area contributed by atoms with Gasteiger partial charge in [0, 0.05) is 5.56 Å². The zero-order valence-electron chi connectivity index (χ0n) is 10.4. The summed E-state index contributed by atoms with van der Waals surface area (Å²) >= 11 is 0. The summed E-state index contributed by atoms with van der Waals surface area (Å²) < 4.78 is 13.1. The minimum atomic E-state index is -1.05. The van der Waals surface area contributed by atoms with Crippen LogP contribution in [0.15, 0.2) is 18.2 Å². The van der Waals surface area contributed by atoms with Crippen LogP contribution in [0.4, 0.5) is 4.39 Å². The third-order valence-electron chi connectivity index (χ3n) is 2.59. The van der Waals surface area contributed by atoms with Crippen LogP contribution in [0.2, 0.25) is 0 Å². The molecule has 0 aliphatic heterocycles. The molecule has 0 bridgehead atoms. The van der Waals surface area contributed by atoms with Gasteiger partial charge in [-0.3, -0.25) is 9.59 Å². The van der Waals surface area contributed by atoms with Crippen LogP contribution in [0.3, 0.4) is 0 Å². The van der Waals surface area contributed by atoms with Gasteiger partial charge in [0.2, 0.25) is 0 Å².